The van der Waals surface area contributed by atoms with Crippen molar-refractivity contribution in [2.75, 3.05) is 31.2 Å². The molecule has 1 aromatic carbocycles. The van der Waals surface area contributed by atoms with Gasteiger partial charge in [0.2, 0.25) is 0 Å². The van der Waals surface area contributed by atoms with Crippen LogP contribution in [0.2, 0.25) is 0 Å². The fourth-order valence-corrected chi connectivity index (χ4v) is 2.86. The Morgan fingerprint density at radius 2 is 2.16 bits per heavy atom. The van der Waals surface area contributed by atoms with Gasteiger partial charge in [-0.25, -0.2) is 0 Å². The Hall–Kier alpha value is -0.580. The van der Waals surface area contributed by atoms with Crippen molar-refractivity contribution < 1.29 is 4.74 Å². The molecular formula is C15H21BrN2O. The first-order chi connectivity index (χ1) is 9.33. The van der Waals surface area contributed by atoms with E-state index in [0.717, 1.165) is 49.8 Å². The number of ether oxygens (including phenoxy) is 1. The second-order valence-corrected chi connectivity index (χ2v) is 6.30. The Labute approximate surface area is 123 Å². The van der Waals surface area contributed by atoms with Crippen molar-refractivity contribution in [3.05, 3.63) is 28.2 Å². The van der Waals surface area contributed by atoms with E-state index in [4.69, 9.17) is 4.74 Å². The molecule has 1 aliphatic carbocycles. The summed E-state index contributed by atoms with van der Waals surface area (Å²) < 4.78 is 6.71. The lowest BCUT2D eigenvalue weighted by atomic mass is 10.1. The van der Waals surface area contributed by atoms with Gasteiger partial charge in [-0.15, -0.1) is 0 Å². The predicted molar refractivity (Wildman–Crippen MR) is 81.7 cm³/mol. The van der Waals surface area contributed by atoms with Gasteiger partial charge in [-0.3, -0.25) is 0 Å². The van der Waals surface area contributed by atoms with E-state index >= 15 is 0 Å². The highest BCUT2D eigenvalue weighted by Crippen LogP contribution is 2.27. The summed E-state index contributed by atoms with van der Waals surface area (Å²) in [4.78, 5) is 2.46. The Bertz CT molecular complexity index is 426. The minimum Gasteiger partial charge on any atom is -0.380 e. The van der Waals surface area contributed by atoms with Gasteiger partial charge in [0.25, 0.3) is 0 Å². The third-order valence-corrected chi connectivity index (χ3v) is 4.26. The quantitative estimate of drug-likeness (QED) is 0.921. The monoisotopic (exact) mass is 324 g/mol. The molecule has 1 aliphatic heterocycles. The maximum atomic E-state index is 5.56. The standard InChI is InChI=1S/C15H21BrN2O/c16-13-3-2-12(11-17-14-4-5-14)15(10-13)18-6-1-8-19-9-7-18/h2-3,10,14,17H,1,4-9,11H2. The van der Waals surface area contributed by atoms with Crippen LogP contribution in [-0.4, -0.2) is 32.3 Å². The maximum absolute atomic E-state index is 5.56. The summed E-state index contributed by atoms with van der Waals surface area (Å²) in [5, 5.41) is 3.61. The average molecular weight is 325 g/mol. The number of halogens is 1. The number of nitrogens with one attached hydrogen (secondary N) is 1. The van der Waals surface area contributed by atoms with Gasteiger partial charge in [-0.05, 0) is 37.0 Å². The minimum absolute atomic E-state index is 0.754. The topological polar surface area (TPSA) is 24.5 Å². The number of nitrogens with zero attached hydrogens (tertiary/aromatic N) is 1. The van der Waals surface area contributed by atoms with E-state index in [-0.39, 0.29) is 0 Å². The van der Waals surface area contributed by atoms with Gasteiger partial charge in [-0.2, -0.15) is 0 Å². The number of anilines is 1. The average Bonchev–Trinajstić information content (AvgIpc) is 3.24. The van der Waals surface area contributed by atoms with Crippen molar-refractivity contribution in [2.45, 2.75) is 31.8 Å². The molecular weight excluding hydrogens is 304 g/mol. The van der Waals surface area contributed by atoms with Crippen molar-refractivity contribution in [3.63, 3.8) is 0 Å². The Kier molecular flexibility index (Phi) is 4.41. The molecule has 0 atom stereocenters. The van der Waals surface area contributed by atoms with E-state index in [1.165, 1.54) is 24.1 Å². The lowest BCUT2D eigenvalue weighted by Crippen LogP contribution is -2.28. The zero-order valence-corrected chi connectivity index (χ0v) is 12.8. The number of hydrogen-bond acceptors (Lipinski definition) is 3. The summed E-state index contributed by atoms with van der Waals surface area (Å²) in [6, 6.07) is 7.38. The van der Waals surface area contributed by atoms with E-state index in [9.17, 15) is 0 Å². The van der Waals surface area contributed by atoms with Gasteiger partial charge in [0.05, 0.1) is 6.61 Å². The van der Waals surface area contributed by atoms with Gasteiger partial charge in [0.1, 0.15) is 0 Å². The first-order valence-corrected chi connectivity index (χ1v) is 7.97. The summed E-state index contributed by atoms with van der Waals surface area (Å²) in [6.45, 7) is 4.78. The first-order valence-electron chi connectivity index (χ1n) is 7.17. The molecule has 0 bridgehead atoms. The van der Waals surface area contributed by atoms with E-state index in [1.807, 2.05) is 0 Å². The normalized spacial score (nSPS) is 20.4. The maximum Gasteiger partial charge on any atom is 0.0641 e. The zero-order chi connectivity index (χ0) is 13.1. The summed E-state index contributed by atoms with van der Waals surface area (Å²) in [5.74, 6) is 0. The van der Waals surface area contributed by atoms with Crippen LogP contribution in [0.25, 0.3) is 0 Å². The van der Waals surface area contributed by atoms with Crippen LogP contribution in [-0.2, 0) is 11.3 Å². The molecule has 2 fully saturated rings. The Morgan fingerprint density at radius 3 is 3.00 bits per heavy atom. The van der Waals surface area contributed by atoms with Gasteiger partial charge in [0, 0.05) is 42.4 Å². The van der Waals surface area contributed by atoms with E-state index in [2.05, 4.69) is 44.3 Å². The number of benzene rings is 1. The van der Waals surface area contributed by atoms with Gasteiger partial charge in [-0.1, -0.05) is 22.0 Å². The van der Waals surface area contributed by atoms with Gasteiger partial charge < -0.3 is 15.0 Å². The largest absolute Gasteiger partial charge is 0.380 e. The highest BCUT2D eigenvalue weighted by atomic mass is 79.9. The third-order valence-electron chi connectivity index (χ3n) is 3.77. The SMILES string of the molecule is Brc1ccc(CNC2CC2)c(N2CCCOCC2)c1. The lowest BCUT2D eigenvalue weighted by molar-refractivity contribution is 0.152. The van der Waals surface area contributed by atoms with Crippen LogP contribution in [0.3, 0.4) is 0 Å². The highest BCUT2D eigenvalue weighted by molar-refractivity contribution is 9.10. The molecule has 1 N–H and O–H groups in total. The summed E-state index contributed by atoms with van der Waals surface area (Å²) in [5.41, 5.74) is 2.75. The number of hydrogen-bond donors (Lipinski definition) is 1. The third kappa shape index (κ3) is 3.71. The first kappa shape index (κ1) is 13.4. The molecule has 1 saturated carbocycles. The van der Waals surface area contributed by atoms with Crippen LogP contribution >= 0.6 is 15.9 Å². The smallest absolute Gasteiger partial charge is 0.0641 e. The molecule has 19 heavy (non-hydrogen) atoms. The van der Waals surface area contributed by atoms with Crippen molar-refractivity contribution in [1.29, 1.82) is 0 Å². The molecule has 1 heterocycles. The molecule has 0 amide bonds. The van der Waals surface area contributed by atoms with Crippen LogP contribution < -0.4 is 10.2 Å². The predicted octanol–water partition coefficient (Wildman–Crippen LogP) is 2.93. The Morgan fingerprint density at radius 1 is 1.26 bits per heavy atom. The van der Waals surface area contributed by atoms with Crippen LogP contribution in [0.15, 0.2) is 22.7 Å². The van der Waals surface area contributed by atoms with Crippen molar-refractivity contribution in [1.82, 2.24) is 5.32 Å². The molecule has 3 rings (SSSR count). The van der Waals surface area contributed by atoms with E-state index < -0.39 is 0 Å². The molecule has 3 nitrogen and oxygen atoms in total. The summed E-state index contributed by atoms with van der Waals surface area (Å²) in [7, 11) is 0. The van der Waals surface area contributed by atoms with Crippen molar-refractivity contribution in [2.24, 2.45) is 0 Å². The molecule has 4 heteroatoms. The van der Waals surface area contributed by atoms with Gasteiger partial charge >= 0.3 is 0 Å². The molecule has 0 radical (unpaired) electrons. The zero-order valence-electron chi connectivity index (χ0n) is 11.2. The molecule has 1 saturated heterocycles. The summed E-state index contributed by atoms with van der Waals surface area (Å²) in [6.07, 6.45) is 3.79. The number of rotatable bonds is 4. The highest BCUT2D eigenvalue weighted by Gasteiger charge is 2.21. The lowest BCUT2D eigenvalue weighted by Gasteiger charge is -2.25. The molecule has 0 unspecified atom stereocenters. The van der Waals surface area contributed by atoms with Crippen molar-refractivity contribution in [3.8, 4) is 0 Å². The van der Waals surface area contributed by atoms with Crippen LogP contribution in [0.5, 0.6) is 0 Å². The van der Waals surface area contributed by atoms with Crippen LogP contribution in [0.4, 0.5) is 5.69 Å². The van der Waals surface area contributed by atoms with Crippen LogP contribution in [0, 0.1) is 0 Å². The molecule has 0 aromatic heterocycles. The summed E-state index contributed by atoms with van der Waals surface area (Å²) >= 11 is 3.60. The molecule has 104 valence electrons. The minimum atomic E-state index is 0.754. The van der Waals surface area contributed by atoms with Gasteiger partial charge in [0.15, 0.2) is 0 Å². The second kappa shape index (κ2) is 6.25. The molecule has 2 aliphatic rings. The molecule has 1 aromatic rings. The van der Waals surface area contributed by atoms with E-state index in [0.29, 0.717) is 0 Å². The fraction of sp³-hybridized carbons (Fsp3) is 0.600. The van der Waals surface area contributed by atoms with E-state index in [1.54, 1.807) is 0 Å². The van der Waals surface area contributed by atoms with Crippen LogP contribution in [0.1, 0.15) is 24.8 Å². The molecule has 0 spiro atoms. The second-order valence-electron chi connectivity index (χ2n) is 5.38. The van der Waals surface area contributed by atoms with Crippen molar-refractivity contribution >= 4 is 21.6 Å². The Balaban J connectivity index is 1.77. The fourth-order valence-electron chi connectivity index (χ4n) is 2.51.